The van der Waals surface area contributed by atoms with Crippen molar-refractivity contribution in [3.63, 3.8) is 0 Å². The van der Waals surface area contributed by atoms with E-state index < -0.39 is 0 Å². The fraction of sp³-hybridized carbons (Fsp3) is 0.500. The summed E-state index contributed by atoms with van der Waals surface area (Å²) >= 11 is 0. The van der Waals surface area contributed by atoms with Crippen molar-refractivity contribution >= 4 is 11.7 Å². The molecule has 1 rings (SSSR count). The maximum absolute atomic E-state index is 11.2. The monoisotopic (exact) mass is 250 g/mol. The van der Waals surface area contributed by atoms with Crippen LogP contribution < -0.4 is 11.1 Å². The lowest BCUT2D eigenvalue weighted by Crippen LogP contribution is -2.06. The summed E-state index contributed by atoms with van der Waals surface area (Å²) in [6, 6.07) is 7.86. The molecule has 0 bridgehead atoms. The van der Waals surface area contributed by atoms with Gasteiger partial charge < -0.3 is 15.8 Å². The van der Waals surface area contributed by atoms with E-state index in [1.165, 1.54) is 7.11 Å². The minimum absolute atomic E-state index is 0.213. The summed E-state index contributed by atoms with van der Waals surface area (Å²) in [5.41, 5.74) is 7.45. The van der Waals surface area contributed by atoms with Crippen molar-refractivity contribution in [2.24, 2.45) is 5.73 Å². The zero-order chi connectivity index (χ0) is 13.2. The molecule has 1 aromatic carbocycles. The number of nitrogens with two attached hydrogens (primary N) is 1. The lowest BCUT2D eigenvalue weighted by atomic mass is 10.1. The van der Waals surface area contributed by atoms with Gasteiger partial charge in [0.05, 0.1) is 13.5 Å². The lowest BCUT2D eigenvalue weighted by Gasteiger charge is -2.08. The Hall–Kier alpha value is -1.55. The largest absolute Gasteiger partial charge is 0.469 e. The number of anilines is 1. The van der Waals surface area contributed by atoms with Gasteiger partial charge in [-0.2, -0.15) is 0 Å². The molecule has 4 heteroatoms. The zero-order valence-electron chi connectivity index (χ0n) is 10.9. The standard InChI is InChI=1S/C14H22N2O2/c1-18-14(17)11-12-6-5-7-13(10-12)16-9-4-2-3-8-15/h5-7,10,16H,2-4,8-9,11,15H2,1H3. The zero-order valence-corrected chi connectivity index (χ0v) is 10.9. The molecular formula is C14H22N2O2. The average Bonchev–Trinajstić information content (AvgIpc) is 2.39. The highest BCUT2D eigenvalue weighted by Gasteiger charge is 2.03. The molecule has 0 spiro atoms. The van der Waals surface area contributed by atoms with E-state index in [9.17, 15) is 4.79 Å². The number of ether oxygens (including phenoxy) is 1. The Morgan fingerprint density at radius 1 is 1.33 bits per heavy atom. The van der Waals surface area contributed by atoms with Gasteiger partial charge in [0.15, 0.2) is 0 Å². The third-order valence-corrected chi connectivity index (χ3v) is 2.71. The first-order valence-electron chi connectivity index (χ1n) is 6.36. The van der Waals surface area contributed by atoms with Crippen LogP contribution in [-0.2, 0) is 16.0 Å². The molecule has 18 heavy (non-hydrogen) atoms. The van der Waals surface area contributed by atoms with E-state index in [2.05, 4.69) is 10.1 Å². The van der Waals surface area contributed by atoms with E-state index in [1.807, 2.05) is 24.3 Å². The van der Waals surface area contributed by atoms with Gasteiger partial charge in [-0.1, -0.05) is 18.6 Å². The van der Waals surface area contributed by atoms with Gasteiger partial charge in [-0.05, 0) is 37.1 Å². The molecule has 4 nitrogen and oxygen atoms in total. The van der Waals surface area contributed by atoms with Crippen LogP contribution in [0.5, 0.6) is 0 Å². The molecular weight excluding hydrogens is 228 g/mol. The predicted molar refractivity (Wildman–Crippen MR) is 73.6 cm³/mol. The number of carbonyl (C=O) groups excluding carboxylic acids is 1. The summed E-state index contributed by atoms with van der Waals surface area (Å²) in [5, 5.41) is 3.34. The number of hydrogen-bond donors (Lipinski definition) is 2. The quantitative estimate of drug-likeness (QED) is 0.546. The SMILES string of the molecule is COC(=O)Cc1cccc(NCCCCCN)c1. The molecule has 3 N–H and O–H groups in total. The topological polar surface area (TPSA) is 64.3 Å². The highest BCUT2D eigenvalue weighted by Crippen LogP contribution is 2.12. The molecule has 0 amide bonds. The van der Waals surface area contributed by atoms with Gasteiger partial charge in [0, 0.05) is 12.2 Å². The van der Waals surface area contributed by atoms with Crippen LogP contribution in [0.3, 0.4) is 0 Å². The van der Waals surface area contributed by atoms with Gasteiger partial charge in [0.2, 0.25) is 0 Å². The van der Waals surface area contributed by atoms with E-state index in [1.54, 1.807) is 0 Å². The van der Waals surface area contributed by atoms with Crippen LogP contribution in [0.15, 0.2) is 24.3 Å². The Balaban J connectivity index is 2.37. The number of benzene rings is 1. The van der Waals surface area contributed by atoms with Gasteiger partial charge in [0.1, 0.15) is 0 Å². The van der Waals surface area contributed by atoms with E-state index >= 15 is 0 Å². The summed E-state index contributed by atoms with van der Waals surface area (Å²) in [5.74, 6) is -0.213. The van der Waals surface area contributed by atoms with Crippen molar-refractivity contribution in [3.05, 3.63) is 29.8 Å². The third kappa shape index (κ3) is 5.68. The maximum Gasteiger partial charge on any atom is 0.309 e. The second kappa shape index (κ2) is 8.53. The Kier molecular flexibility index (Phi) is 6.87. The number of nitrogens with one attached hydrogen (secondary N) is 1. The van der Waals surface area contributed by atoms with Gasteiger partial charge >= 0.3 is 5.97 Å². The molecule has 0 aliphatic rings. The smallest absolute Gasteiger partial charge is 0.309 e. The van der Waals surface area contributed by atoms with Crippen molar-refractivity contribution in [1.82, 2.24) is 0 Å². The van der Waals surface area contributed by atoms with E-state index in [-0.39, 0.29) is 5.97 Å². The number of hydrogen-bond acceptors (Lipinski definition) is 4. The lowest BCUT2D eigenvalue weighted by molar-refractivity contribution is -0.139. The second-order valence-electron chi connectivity index (χ2n) is 4.23. The number of esters is 1. The molecule has 0 aliphatic carbocycles. The summed E-state index contributed by atoms with van der Waals surface area (Å²) < 4.78 is 4.65. The molecule has 0 radical (unpaired) electrons. The minimum Gasteiger partial charge on any atom is -0.469 e. The molecule has 0 saturated heterocycles. The third-order valence-electron chi connectivity index (χ3n) is 2.71. The summed E-state index contributed by atoms with van der Waals surface area (Å²) in [4.78, 5) is 11.2. The molecule has 100 valence electrons. The first kappa shape index (κ1) is 14.5. The fourth-order valence-corrected chi connectivity index (χ4v) is 1.71. The summed E-state index contributed by atoms with van der Waals surface area (Å²) in [6.45, 7) is 1.69. The highest BCUT2D eigenvalue weighted by molar-refractivity contribution is 5.72. The van der Waals surface area contributed by atoms with Crippen LogP contribution in [0.25, 0.3) is 0 Å². The van der Waals surface area contributed by atoms with Crippen LogP contribution in [0.1, 0.15) is 24.8 Å². The Morgan fingerprint density at radius 3 is 2.89 bits per heavy atom. The first-order valence-corrected chi connectivity index (χ1v) is 6.36. The van der Waals surface area contributed by atoms with Crippen molar-refractivity contribution < 1.29 is 9.53 Å². The fourth-order valence-electron chi connectivity index (χ4n) is 1.71. The number of methoxy groups -OCH3 is 1. The van der Waals surface area contributed by atoms with Gasteiger partial charge in [-0.3, -0.25) is 4.79 Å². The molecule has 0 saturated carbocycles. The normalized spacial score (nSPS) is 10.1. The number of rotatable bonds is 8. The molecule has 0 fully saturated rings. The molecule has 0 aromatic heterocycles. The van der Waals surface area contributed by atoms with Crippen LogP contribution >= 0.6 is 0 Å². The van der Waals surface area contributed by atoms with Crippen LogP contribution in [0, 0.1) is 0 Å². The van der Waals surface area contributed by atoms with Crippen molar-refractivity contribution in [1.29, 1.82) is 0 Å². The van der Waals surface area contributed by atoms with E-state index in [0.29, 0.717) is 6.42 Å². The van der Waals surface area contributed by atoms with Gasteiger partial charge in [0.25, 0.3) is 0 Å². The number of carbonyl (C=O) groups is 1. The maximum atomic E-state index is 11.2. The van der Waals surface area contributed by atoms with Gasteiger partial charge in [-0.25, -0.2) is 0 Å². The molecule has 1 aromatic rings. The van der Waals surface area contributed by atoms with E-state index in [4.69, 9.17) is 5.73 Å². The van der Waals surface area contributed by atoms with Crippen molar-refractivity contribution in [2.45, 2.75) is 25.7 Å². The minimum atomic E-state index is -0.213. The Bertz CT molecular complexity index is 367. The predicted octanol–water partition coefficient (Wildman–Crippen LogP) is 1.94. The second-order valence-corrected chi connectivity index (χ2v) is 4.23. The molecule has 0 aliphatic heterocycles. The average molecular weight is 250 g/mol. The van der Waals surface area contributed by atoms with Crippen LogP contribution in [0.4, 0.5) is 5.69 Å². The summed E-state index contributed by atoms with van der Waals surface area (Å²) in [7, 11) is 1.40. The number of unbranched alkanes of at least 4 members (excludes halogenated alkanes) is 2. The first-order chi connectivity index (χ1) is 8.76. The Labute approximate surface area is 109 Å². The van der Waals surface area contributed by atoms with Crippen LogP contribution in [-0.4, -0.2) is 26.2 Å². The molecule has 0 atom stereocenters. The summed E-state index contributed by atoms with van der Waals surface area (Å²) in [6.07, 6.45) is 3.65. The Morgan fingerprint density at radius 2 is 2.17 bits per heavy atom. The van der Waals surface area contributed by atoms with Crippen molar-refractivity contribution in [3.8, 4) is 0 Å². The van der Waals surface area contributed by atoms with Crippen molar-refractivity contribution in [2.75, 3.05) is 25.5 Å². The highest BCUT2D eigenvalue weighted by atomic mass is 16.5. The van der Waals surface area contributed by atoms with Crippen LogP contribution in [0.2, 0.25) is 0 Å². The van der Waals surface area contributed by atoms with E-state index in [0.717, 1.165) is 43.6 Å². The molecule has 0 unspecified atom stereocenters. The molecule has 0 heterocycles. The van der Waals surface area contributed by atoms with Gasteiger partial charge in [-0.15, -0.1) is 0 Å².